The highest BCUT2D eigenvalue weighted by Gasteiger charge is 2.34. The van der Waals surface area contributed by atoms with Crippen LogP contribution in [0.3, 0.4) is 0 Å². The van der Waals surface area contributed by atoms with E-state index in [9.17, 15) is 14.4 Å². The summed E-state index contributed by atoms with van der Waals surface area (Å²) in [5.41, 5.74) is 0.921. The second kappa shape index (κ2) is 6.71. The molecule has 0 spiro atoms. The molecule has 2 amide bonds. The van der Waals surface area contributed by atoms with Crippen molar-refractivity contribution in [2.75, 3.05) is 17.2 Å². The van der Waals surface area contributed by atoms with E-state index in [1.165, 1.54) is 4.68 Å². The van der Waals surface area contributed by atoms with Crippen LogP contribution in [0.1, 0.15) is 35.6 Å². The molecule has 1 aromatic heterocycles. The Hall–Kier alpha value is -3.23. The number of esters is 1. The van der Waals surface area contributed by atoms with Gasteiger partial charge in [-0.1, -0.05) is 0 Å². The molecule has 9 heteroatoms. The molecule has 0 aliphatic carbocycles. The summed E-state index contributed by atoms with van der Waals surface area (Å²) in [6.45, 7) is 3.73. The summed E-state index contributed by atoms with van der Waals surface area (Å²) in [4.78, 5) is 39.8. The Bertz CT molecular complexity index is 828. The van der Waals surface area contributed by atoms with Gasteiger partial charge in [-0.25, -0.2) is 9.48 Å². The van der Waals surface area contributed by atoms with Crippen LogP contribution < -0.4 is 10.6 Å². The number of hydrogen-bond donors (Lipinski definition) is 2. The first kappa shape index (κ1) is 16.6. The van der Waals surface area contributed by atoms with Gasteiger partial charge >= 0.3 is 5.97 Å². The van der Waals surface area contributed by atoms with Crippen LogP contribution in [0.2, 0.25) is 0 Å². The maximum absolute atomic E-state index is 12.2. The number of nitrogens with zero attached hydrogens (tertiary/aromatic N) is 3. The molecule has 0 fully saturated rings. The van der Waals surface area contributed by atoms with E-state index in [2.05, 4.69) is 20.7 Å². The number of nitrogens with one attached hydrogen (secondary N) is 2. The largest absolute Gasteiger partial charge is 0.462 e. The lowest BCUT2D eigenvalue weighted by molar-refractivity contribution is -0.123. The van der Waals surface area contributed by atoms with Gasteiger partial charge < -0.3 is 10.1 Å². The number of anilines is 2. The van der Waals surface area contributed by atoms with Gasteiger partial charge in [-0.15, -0.1) is 0 Å². The molecule has 0 saturated heterocycles. The number of hydrogen-bond acceptors (Lipinski definition) is 6. The molecular formula is C16H17N5O4. The molecule has 2 aromatic rings. The Morgan fingerprint density at radius 1 is 1.32 bits per heavy atom. The number of aryl methyl sites for hydroxylation is 1. The van der Waals surface area contributed by atoms with Crippen LogP contribution in [-0.4, -0.2) is 39.2 Å². The number of amides is 2. The van der Waals surface area contributed by atoms with Crippen molar-refractivity contribution in [1.29, 1.82) is 0 Å². The highest BCUT2D eigenvalue weighted by molar-refractivity contribution is 6.01. The number of aromatic nitrogens is 3. The predicted octanol–water partition coefficient (Wildman–Crippen LogP) is 1.29. The predicted molar refractivity (Wildman–Crippen MR) is 88.1 cm³/mol. The molecule has 1 aromatic carbocycles. The van der Waals surface area contributed by atoms with Gasteiger partial charge in [0, 0.05) is 5.69 Å². The lowest BCUT2D eigenvalue weighted by Crippen LogP contribution is -2.23. The summed E-state index contributed by atoms with van der Waals surface area (Å²) in [5, 5.41) is 9.40. The first-order valence-corrected chi connectivity index (χ1v) is 7.79. The maximum atomic E-state index is 12.2. The Kier molecular flexibility index (Phi) is 4.46. The van der Waals surface area contributed by atoms with E-state index in [1.807, 2.05) is 0 Å². The van der Waals surface area contributed by atoms with Gasteiger partial charge in [0.1, 0.15) is 11.9 Å². The van der Waals surface area contributed by atoms with E-state index in [-0.39, 0.29) is 18.2 Å². The normalized spacial score (nSPS) is 15.4. The summed E-state index contributed by atoms with van der Waals surface area (Å²) < 4.78 is 6.32. The SMILES string of the molecule is CCOC(=O)c1ccc(NC(=O)C[C@H]2C(=O)Nc3nc(C)nn32)cc1. The standard InChI is InChI=1S/C16H17N5O4/c1-3-25-15(24)10-4-6-11(7-5-10)18-13(22)8-12-14(23)19-16-17-9(2)20-21(12)16/h4-7,12H,3,8H2,1-2H3,(H,18,22)(H,17,19,20,23)/t12-/m0/s1. The van der Waals surface area contributed by atoms with Crippen LogP contribution in [0, 0.1) is 6.92 Å². The smallest absolute Gasteiger partial charge is 0.338 e. The second-order valence-corrected chi connectivity index (χ2v) is 5.48. The molecule has 0 bridgehead atoms. The van der Waals surface area contributed by atoms with Gasteiger partial charge in [-0.3, -0.25) is 14.9 Å². The van der Waals surface area contributed by atoms with Gasteiger partial charge in [0.2, 0.25) is 11.9 Å². The molecule has 0 unspecified atom stereocenters. The molecule has 25 heavy (non-hydrogen) atoms. The zero-order valence-electron chi connectivity index (χ0n) is 13.8. The first-order valence-electron chi connectivity index (χ1n) is 7.79. The quantitative estimate of drug-likeness (QED) is 0.790. The van der Waals surface area contributed by atoms with Crippen LogP contribution in [0.15, 0.2) is 24.3 Å². The Labute approximate surface area is 143 Å². The van der Waals surface area contributed by atoms with Crippen molar-refractivity contribution >= 4 is 29.4 Å². The lowest BCUT2D eigenvalue weighted by Gasteiger charge is -2.10. The van der Waals surface area contributed by atoms with E-state index in [1.54, 1.807) is 38.1 Å². The van der Waals surface area contributed by atoms with Crippen molar-refractivity contribution in [1.82, 2.24) is 14.8 Å². The van der Waals surface area contributed by atoms with Crippen molar-refractivity contribution in [3.05, 3.63) is 35.7 Å². The summed E-state index contributed by atoms with van der Waals surface area (Å²) in [6, 6.07) is 5.60. The van der Waals surface area contributed by atoms with Crippen molar-refractivity contribution in [3.63, 3.8) is 0 Å². The van der Waals surface area contributed by atoms with Crippen LogP contribution in [-0.2, 0) is 14.3 Å². The van der Waals surface area contributed by atoms with Gasteiger partial charge in [0.05, 0.1) is 18.6 Å². The summed E-state index contributed by atoms with van der Waals surface area (Å²) in [6.07, 6.45) is -0.0682. The molecule has 130 valence electrons. The van der Waals surface area contributed by atoms with Crippen molar-refractivity contribution in [2.45, 2.75) is 26.3 Å². The van der Waals surface area contributed by atoms with Gasteiger partial charge in [-0.05, 0) is 38.1 Å². The zero-order valence-corrected chi connectivity index (χ0v) is 13.8. The minimum atomic E-state index is -0.727. The van der Waals surface area contributed by atoms with Crippen molar-refractivity contribution < 1.29 is 19.1 Å². The van der Waals surface area contributed by atoms with E-state index >= 15 is 0 Å². The third-order valence-corrected chi connectivity index (χ3v) is 3.63. The van der Waals surface area contributed by atoms with Gasteiger partial charge in [0.25, 0.3) is 5.91 Å². The van der Waals surface area contributed by atoms with Gasteiger partial charge in [0.15, 0.2) is 0 Å². The fourth-order valence-electron chi connectivity index (χ4n) is 2.51. The summed E-state index contributed by atoms with van der Waals surface area (Å²) in [7, 11) is 0. The monoisotopic (exact) mass is 343 g/mol. The van der Waals surface area contributed by atoms with E-state index in [0.29, 0.717) is 29.6 Å². The minimum absolute atomic E-state index is 0.0682. The van der Waals surface area contributed by atoms with Gasteiger partial charge in [-0.2, -0.15) is 10.1 Å². The Morgan fingerprint density at radius 3 is 2.72 bits per heavy atom. The molecule has 1 atom stereocenters. The second-order valence-electron chi connectivity index (χ2n) is 5.48. The number of benzene rings is 1. The van der Waals surface area contributed by atoms with Crippen molar-refractivity contribution in [3.8, 4) is 0 Å². The summed E-state index contributed by atoms with van der Waals surface area (Å²) in [5.74, 6) is -0.209. The topological polar surface area (TPSA) is 115 Å². The zero-order chi connectivity index (χ0) is 18.0. The molecule has 0 saturated carbocycles. The van der Waals surface area contributed by atoms with Crippen LogP contribution in [0.25, 0.3) is 0 Å². The highest BCUT2D eigenvalue weighted by atomic mass is 16.5. The molecular weight excluding hydrogens is 326 g/mol. The minimum Gasteiger partial charge on any atom is -0.462 e. The van der Waals surface area contributed by atoms with E-state index in [0.717, 1.165) is 0 Å². The molecule has 2 heterocycles. The Balaban J connectivity index is 1.63. The third-order valence-electron chi connectivity index (χ3n) is 3.63. The van der Waals surface area contributed by atoms with Crippen LogP contribution in [0.5, 0.6) is 0 Å². The van der Waals surface area contributed by atoms with Crippen LogP contribution in [0.4, 0.5) is 11.6 Å². The fourth-order valence-corrected chi connectivity index (χ4v) is 2.51. The molecule has 1 aliphatic heterocycles. The molecule has 3 rings (SSSR count). The van der Waals surface area contributed by atoms with Crippen molar-refractivity contribution in [2.24, 2.45) is 0 Å². The fraction of sp³-hybridized carbons (Fsp3) is 0.312. The maximum Gasteiger partial charge on any atom is 0.338 e. The van der Waals surface area contributed by atoms with E-state index < -0.39 is 12.0 Å². The number of carbonyl (C=O) groups is 3. The Morgan fingerprint density at radius 2 is 2.04 bits per heavy atom. The summed E-state index contributed by atoms with van der Waals surface area (Å²) >= 11 is 0. The number of carbonyl (C=O) groups excluding carboxylic acids is 3. The molecule has 9 nitrogen and oxygen atoms in total. The first-order chi connectivity index (χ1) is 12.0. The molecule has 2 N–H and O–H groups in total. The third kappa shape index (κ3) is 3.49. The highest BCUT2D eigenvalue weighted by Crippen LogP contribution is 2.25. The molecule has 0 radical (unpaired) electrons. The molecule has 1 aliphatic rings. The number of ether oxygens (including phenoxy) is 1. The van der Waals surface area contributed by atoms with E-state index in [4.69, 9.17) is 4.74 Å². The number of fused-ring (bicyclic) bond motifs is 1. The average molecular weight is 343 g/mol. The lowest BCUT2D eigenvalue weighted by atomic mass is 10.1. The van der Waals surface area contributed by atoms with Crippen LogP contribution >= 0.6 is 0 Å². The average Bonchev–Trinajstić information content (AvgIpc) is 3.05. The number of rotatable bonds is 5.